The van der Waals surface area contributed by atoms with Gasteiger partial charge in [-0.1, -0.05) is 35.2 Å². The molecule has 0 spiro atoms. The summed E-state index contributed by atoms with van der Waals surface area (Å²) in [7, 11) is -7.04. The van der Waals surface area contributed by atoms with Crippen molar-refractivity contribution in [1.82, 2.24) is 4.83 Å². The summed E-state index contributed by atoms with van der Waals surface area (Å²) in [5.74, 6) is 0. The first-order valence-corrected chi connectivity index (χ1v) is 12.4. The average molecular weight is 423 g/mol. The molecule has 8 nitrogen and oxygen atoms in total. The summed E-state index contributed by atoms with van der Waals surface area (Å²) in [6.45, 7) is 7.92. The van der Waals surface area contributed by atoms with E-state index in [-0.39, 0.29) is 45.7 Å². The first kappa shape index (κ1) is 24.5. The summed E-state index contributed by atoms with van der Waals surface area (Å²) in [5, 5.41) is 0. The molecule has 156 valence electrons. The maximum Gasteiger partial charge on any atom is 0.431 e. The normalized spacial score (nSPS) is 12.6. The Bertz CT molecular complexity index is 595. The van der Waals surface area contributed by atoms with Gasteiger partial charge < -0.3 is 9.05 Å². The van der Waals surface area contributed by atoms with Crippen LogP contribution in [0.4, 0.5) is 0 Å². The first-order chi connectivity index (χ1) is 12.9. The van der Waals surface area contributed by atoms with Gasteiger partial charge in [-0.2, -0.15) is 0 Å². The Hall–Kier alpha value is -0.560. The van der Waals surface area contributed by atoms with Gasteiger partial charge in [0.25, 0.3) is 0 Å². The summed E-state index contributed by atoms with van der Waals surface area (Å²) in [6.07, 6.45) is -0.00634. The summed E-state index contributed by atoms with van der Waals surface area (Å²) in [6, 6.07) is 9.43. The molecule has 0 radical (unpaired) electrons. The van der Waals surface area contributed by atoms with Crippen molar-refractivity contribution in [2.75, 3.05) is 39.1 Å². The smallest absolute Gasteiger partial charge is 0.309 e. The van der Waals surface area contributed by atoms with Crippen LogP contribution >= 0.6 is 15.3 Å². The van der Waals surface area contributed by atoms with E-state index in [4.69, 9.17) is 22.9 Å². The SMILES string of the molecule is CCOP(=O)(CCN(OCc1ccccc1)P(=O)(OCC)OCC)OCC. The van der Waals surface area contributed by atoms with Gasteiger partial charge in [-0.3, -0.25) is 18.5 Å². The van der Waals surface area contributed by atoms with Crippen molar-refractivity contribution >= 4 is 15.3 Å². The quantitative estimate of drug-likeness (QED) is 0.292. The van der Waals surface area contributed by atoms with E-state index in [0.29, 0.717) is 0 Å². The number of hydroxylamine groups is 1. The number of hydrogen-bond donors (Lipinski definition) is 0. The lowest BCUT2D eigenvalue weighted by Crippen LogP contribution is -2.27. The van der Waals surface area contributed by atoms with Crippen LogP contribution < -0.4 is 0 Å². The molecule has 0 aliphatic rings. The van der Waals surface area contributed by atoms with Crippen LogP contribution in [-0.4, -0.2) is 44.0 Å². The van der Waals surface area contributed by atoms with E-state index in [1.54, 1.807) is 27.7 Å². The molecule has 1 aromatic carbocycles. The molecule has 0 N–H and O–H groups in total. The minimum absolute atomic E-state index is 0.00138. The highest BCUT2D eigenvalue weighted by atomic mass is 31.2. The largest absolute Gasteiger partial charge is 0.431 e. The van der Waals surface area contributed by atoms with Crippen molar-refractivity contribution in [3.63, 3.8) is 0 Å². The van der Waals surface area contributed by atoms with Crippen LogP contribution in [0.2, 0.25) is 0 Å². The molecule has 10 heteroatoms. The molecule has 0 amide bonds. The van der Waals surface area contributed by atoms with Crippen LogP contribution in [-0.2, 0) is 38.7 Å². The van der Waals surface area contributed by atoms with Crippen LogP contribution in [0.5, 0.6) is 0 Å². The monoisotopic (exact) mass is 423 g/mol. The van der Waals surface area contributed by atoms with Gasteiger partial charge in [-0.05, 0) is 33.3 Å². The van der Waals surface area contributed by atoms with E-state index in [1.807, 2.05) is 30.3 Å². The summed E-state index contributed by atoms with van der Waals surface area (Å²) in [5.41, 5.74) is 0.889. The van der Waals surface area contributed by atoms with E-state index < -0.39 is 15.3 Å². The van der Waals surface area contributed by atoms with Gasteiger partial charge in [0.1, 0.15) is 0 Å². The lowest BCUT2D eigenvalue weighted by Gasteiger charge is -2.29. The Morgan fingerprint density at radius 1 is 0.815 bits per heavy atom. The number of nitrogens with zero attached hydrogens (tertiary/aromatic N) is 1. The number of hydrogen-bond acceptors (Lipinski definition) is 7. The van der Waals surface area contributed by atoms with Crippen LogP contribution in [0.3, 0.4) is 0 Å². The molecule has 0 aliphatic heterocycles. The lowest BCUT2D eigenvalue weighted by atomic mass is 10.2. The van der Waals surface area contributed by atoms with E-state index in [9.17, 15) is 9.13 Å². The average Bonchev–Trinajstić information content (AvgIpc) is 2.63. The van der Waals surface area contributed by atoms with Crippen molar-refractivity contribution in [2.45, 2.75) is 34.3 Å². The Kier molecular flexibility index (Phi) is 11.6. The molecule has 0 heterocycles. The second-order valence-electron chi connectivity index (χ2n) is 5.31. The maximum atomic E-state index is 13.2. The van der Waals surface area contributed by atoms with Gasteiger partial charge in [0.05, 0.1) is 39.2 Å². The fraction of sp³-hybridized carbons (Fsp3) is 0.647. The lowest BCUT2D eigenvalue weighted by molar-refractivity contribution is -0.118. The predicted octanol–water partition coefficient (Wildman–Crippen LogP) is 4.87. The topological polar surface area (TPSA) is 83.5 Å². The van der Waals surface area contributed by atoms with Gasteiger partial charge >= 0.3 is 15.3 Å². The molecule has 0 atom stereocenters. The third kappa shape index (κ3) is 8.55. The van der Waals surface area contributed by atoms with Crippen molar-refractivity contribution in [3.05, 3.63) is 35.9 Å². The van der Waals surface area contributed by atoms with E-state index >= 15 is 0 Å². The second kappa shape index (κ2) is 12.8. The van der Waals surface area contributed by atoms with Gasteiger partial charge in [-0.25, -0.2) is 4.57 Å². The number of rotatable bonds is 15. The van der Waals surface area contributed by atoms with E-state index in [2.05, 4.69) is 0 Å². The third-order valence-corrected chi connectivity index (χ3v) is 7.38. The molecule has 0 aromatic heterocycles. The molecule has 27 heavy (non-hydrogen) atoms. The third-order valence-electron chi connectivity index (χ3n) is 3.30. The molecular weight excluding hydrogens is 392 g/mol. The summed E-state index contributed by atoms with van der Waals surface area (Å²) < 4.78 is 47.2. The fourth-order valence-electron chi connectivity index (χ4n) is 2.24. The zero-order chi connectivity index (χ0) is 20.2. The van der Waals surface area contributed by atoms with Crippen LogP contribution in [0.1, 0.15) is 33.3 Å². The Morgan fingerprint density at radius 2 is 1.33 bits per heavy atom. The predicted molar refractivity (Wildman–Crippen MR) is 105 cm³/mol. The molecule has 0 aliphatic carbocycles. The molecule has 0 bridgehead atoms. The van der Waals surface area contributed by atoms with Gasteiger partial charge in [-0.15, -0.1) is 0 Å². The zero-order valence-electron chi connectivity index (χ0n) is 16.5. The minimum atomic E-state index is -3.71. The standard InChI is InChI=1S/C17H31NO7P2/c1-5-22-26(19,23-6-2)15-14-18(27(20,24-7-3)25-8-4)21-16-17-12-10-9-11-13-17/h9-13H,5-8,14-16H2,1-4H3. The minimum Gasteiger partial charge on any atom is -0.309 e. The zero-order valence-corrected chi connectivity index (χ0v) is 18.3. The first-order valence-electron chi connectivity index (χ1n) is 9.15. The Labute approximate surface area is 162 Å². The van der Waals surface area contributed by atoms with Gasteiger partial charge in [0.2, 0.25) is 0 Å². The fourth-order valence-corrected chi connectivity index (χ4v) is 5.47. The van der Waals surface area contributed by atoms with Crippen molar-refractivity contribution in [3.8, 4) is 0 Å². The molecule has 1 aromatic rings. The molecular formula is C17H31NO7P2. The summed E-state index contributed by atoms with van der Waals surface area (Å²) >= 11 is 0. The van der Waals surface area contributed by atoms with Gasteiger partial charge in [0.15, 0.2) is 0 Å². The maximum absolute atomic E-state index is 13.2. The summed E-state index contributed by atoms with van der Waals surface area (Å²) in [4.78, 5) is 6.87. The molecule has 0 fully saturated rings. The Morgan fingerprint density at radius 3 is 1.81 bits per heavy atom. The number of benzene rings is 1. The highest BCUT2D eigenvalue weighted by Gasteiger charge is 2.37. The van der Waals surface area contributed by atoms with Crippen molar-refractivity contribution in [1.29, 1.82) is 0 Å². The van der Waals surface area contributed by atoms with Crippen molar-refractivity contribution in [2.24, 2.45) is 0 Å². The van der Waals surface area contributed by atoms with Gasteiger partial charge in [0, 0.05) is 6.54 Å². The van der Waals surface area contributed by atoms with Crippen LogP contribution in [0, 0.1) is 0 Å². The molecule has 0 saturated carbocycles. The van der Waals surface area contributed by atoms with Crippen LogP contribution in [0.25, 0.3) is 0 Å². The highest BCUT2D eigenvalue weighted by Crippen LogP contribution is 2.54. The second-order valence-corrected chi connectivity index (χ2v) is 9.39. The van der Waals surface area contributed by atoms with E-state index in [1.165, 1.54) is 0 Å². The molecule has 0 unspecified atom stereocenters. The highest BCUT2D eigenvalue weighted by molar-refractivity contribution is 7.54. The van der Waals surface area contributed by atoms with E-state index in [0.717, 1.165) is 10.4 Å². The van der Waals surface area contributed by atoms with Crippen LogP contribution in [0.15, 0.2) is 30.3 Å². The molecule has 0 saturated heterocycles. The molecule has 1 rings (SSSR count). The Balaban J connectivity index is 2.94. The van der Waals surface area contributed by atoms with Crippen molar-refractivity contribution < 1.29 is 32.1 Å².